The van der Waals surface area contributed by atoms with E-state index in [2.05, 4.69) is 87.5 Å². The van der Waals surface area contributed by atoms with Crippen LogP contribution >= 0.6 is 11.8 Å². The maximum absolute atomic E-state index is 11.2. The molecular formula is C28H44OS. The summed E-state index contributed by atoms with van der Waals surface area (Å²) in [7, 11) is 0. The van der Waals surface area contributed by atoms with Crippen molar-refractivity contribution >= 4 is 11.8 Å². The predicted molar refractivity (Wildman–Crippen MR) is 135 cm³/mol. The summed E-state index contributed by atoms with van der Waals surface area (Å²) < 4.78 is 0.196. The van der Waals surface area contributed by atoms with Crippen LogP contribution in [0, 0.1) is 0 Å². The van der Waals surface area contributed by atoms with Crippen LogP contribution < -0.4 is 0 Å². The Kier molecular flexibility index (Phi) is 7.66. The normalized spacial score (nSPS) is 19.7. The molecule has 168 valence electrons. The average molecular weight is 429 g/mol. The molecule has 1 aromatic carbocycles. The van der Waals surface area contributed by atoms with Crippen LogP contribution in [0.25, 0.3) is 0 Å². The highest BCUT2D eigenvalue weighted by atomic mass is 32.2. The van der Waals surface area contributed by atoms with Crippen molar-refractivity contribution in [1.82, 2.24) is 0 Å². The van der Waals surface area contributed by atoms with Crippen LogP contribution in [0.5, 0.6) is 5.75 Å². The van der Waals surface area contributed by atoms with Gasteiger partial charge in [0.2, 0.25) is 0 Å². The van der Waals surface area contributed by atoms with E-state index in [1.165, 1.54) is 28.0 Å². The van der Waals surface area contributed by atoms with Gasteiger partial charge in [0.25, 0.3) is 0 Å². The Bertz CT molecular complexity index is 826. The minimum absolute atomic E-state index is 0.0657. The van der Waals surface area contributed by atoms with E-state index in [0.29, 0.717) is 5.75 Å². The number of phenols is 1. The van der Waals surface area contributed by atoms with Gasteiger partial charge >= 0.3 is 0 Å². The van der Waals surface area contributed by atoms with E-state index in [9.17, 15) is 5.11 Å². The molecule has 1 heterocycles. The second-order valence-corrected chi connectivity index (χ2v) is 13.4. The summed E-state index contributed by atoms with van der Waals surface area (Å²) in [6.07, 6.45) is 10.4. The predicted octanol–water partition coefficient (Wildman–Crippen LogP) is 8.87. The van der Waals surface area contributed by atoms with Crippen LogP contribution in [0.2, 0.25) is 0 Å². The molecule has 1 aromatic rings. The topological polar surface area (TPSA) is 20.2 Å². The molecule has 0 spiro atoms. The zero-order chi connectivity index (χ0) is 22.9. The molecule has 1 aliphatic rings. The number of aromatic hydroxyl groups is 1. The molecule has 0 saturated carbocycles. The fraction of sp³-hybridized carbons (Fsp3) is 0.643. The Morgan fingerprint density at radius 1 is 1.03 bits per heavy atom. The van der Waals surface area contributed by atoms with E-state index in [-0.39, 0.29) is 15.6 Å². The molecule has 0 radical (unpaired) electrons. The second kappa shape index (κ2) is 9.15. The van der Waals surface area contributed by atoms with Crippen molar-refractivity contribution in [2.45, 2.75) is 122 Å². The molecule has 1 N–H and O–H groups in total. The van der Waals surface area contributed by atoms with E-state index in [4.69, 9.17) is 0 Å². The molecule has 30 heavy (non-hydrogen) atoms. The van der Waals surface area contributed by atoms with Gasteiger partial charge in [-0.25, -0.2) is 0 Å². The summed E-state index contributed by atoms with van der Waals surface area (Å²) in [6, 6.07) is 2.27. The molecule has 0 fully saturated rings. The number of phenolic OH excluding ortho intramolecular Hbond substituents is 1. The van der Waals surface area contributed by atoms with Crippen LogP contribution in [0.1, 0.15) is 112 Å². The van der Waals surface area contributed by atoms with Crippen molar-refractivity contribution in [3.05, 3.63) is 46.1 Å². The van der Waals surface area contributed by atoms with E-state index >= 15 is 0 Å². The first-order valence-corrected chi connectivity index (χ1v) is 12.3. The molecule has 0 bridgehead atoms. The zero-order valence-corrected chi connectivity index (χ0v) is 21.9. The van der Waals surface area contributed by atoms with Crippen molar-refractivity contribution in [2.24, 2.45) is 0 Å². The molecule has 1 unspecified atom stereocenters. The molecular weight excluding hydrogens is 384 g/mol. The lowest BCUT2D eigenvalue weighted by atomic mass is 9.76. The maximum Gasteiger partial charge on any atom is 0.123 e. The van der Waals surface area contributed by atoms with E-state index < -0.39 is 0 Å². The van der Waals surface area contributed by atoms with Gasteiger partial charge in [0.1, 0.15) is 5.75 Å². The number of hydrogen-bond acceptors (Lipinski definition) is 2. The van der Waals surface area contributed by atoms with Gasteiger partial charge in [-0.15, -0.1) is 11.8 Å². The van der Waals surface area contributed by atoms with Gasteiger partial charge in [-0.05, 0) is 82.3 Å². The maximum atomic E-state index is 11.2. The number of allylic oxidation sites excluding steroid dienone is 4. The Balaban J connectivity index is 2.23. The molecule has 1 atom stereocenters. The van der Waals surface area contributed by atoms with E-state index in [1.54, 1.807) is 0 Å². The third kappa shape index (κ3) is 6.19. The van der Waals surface area contributed by atoms with Crippen molar-refractivity contribution in [3.8, 4) is 5.75 Å². The van der Waals surface area contributed by atoms with Crippen LogP contribution in [-0.4, -0.2) is 9.85 Å². The molecule has 1 nitrogen and oxygen atoms in total. The van der Waals surface area contributed by atoms with E-state index in [0.717, 1.165) is 36.8 Å². The number of benzene rings is 1. The fourth-order valence-electron chi connectivity index (χ4n) is 4.46. The lowest BCUT2D eigenvalue weighted by Crippen LogP contribution is -2.22. The van der Waals surface area contributed by atoms with Crippen molar-refractivity contribution in [2.75, 3.05) is 0 Å². The lowest BCUT2D eigenvalue weighted by Gasteiger charge is -2.29. The highest BCUT2D eigenvalue weighted by Crippen LogP contribution is 2.54. The summed E-state index contributed by atoms with van der Waals surface area (Å²) in [5, 5.41) is 11.2. The van der Waals surface area contributed by atoms with Crippen LogP contribution in [0.3, 0.4) is 0 Å². The molecule has 0 saturated heterocycles. The van der Waals surface area contributed by atoms with Gasteiger partial charge < -0.3 is 5.11 Å². The third-order valence-corrected chi connectivity index (χ3v) is 7.51. The number of thioether (sulfide) groups is 1. The molecule has 0 aliphatic carbocycles. The molecule has 0 amide bonds. The van der Waals surface area contributed by atoms with Crippen molar-refractivity contribution in [1.29, 1.82) is 0 Å². The van der Waals surface area contributed by atoms with Gasteiger partial charge in [-0.3, -0.25) is 0 Å². The fourth-order valence-corrected chi connectivity index (χ4v) is 5.90. The summed E-state index contributed by atoms with van der Waals surface area (Å²) in [5.41, 5.74) is 6.40. The Morgan fingerprint density at radius 2 is 1.67 bits per heavy atom. The summed E-state index contributed by atoms with van der Waals surface area (Å²) in [5.74, 6) is 0.522. The van der Waals surface area contributed by atoms with Crippen molar-refractivity contribution < 1.29 is 5.11 Å². The largest absolute Gasteiger partial charge is 0.507 e. The Hall–Kier alpha value is -1.15. The lowest BCUT2D eigenvalue weighted by molar-refractivity contribution is 0.418. The van der Waals surface area contributed by atoms with Gasteiger partial charge in [0.15, 0.2) is 0 Å². The molecule has 2 heteroatoms. The summed E-state index contributed by atoms with van der Waals surface area (Å²) >= 11 is 2.03. The van der Waals surface area contributed by atoms with Crippen LogP contribution in [-0.2, 0) is 17.3 Å². The van der Waals surface area contributed by atoms with Gasteiger partial charge in [-0.2, -0.15) is 0 Å². The monoisotopic (exact) mass is 428 g/mol. The average Bonchev–Trinajstić information content (AvgIpc) is 2.87. The molecule has 2 rings (SSSR count). The summed E-state index contributed by atoms with van der Waals surface area (Å²) in [4.78, 5) is 1.38. The number of fused-ring (bicyclic) bond motifs is 1. The SMILES string of the molecule is CC(C)=CCCC(C)=CCCC1(C)Cc2c(cc(C(C)(C)C)c(O)c2C(C)(C)C)S1. The molecule has 0 aromatic heterocycles. The third-order valence-electron chi connectivity index (χ3n) is 6.09. The first-order valence-electron chi connectivity index (χ1n) is 11.5. The second-order valence-electron chi connectivity index (χ2n) is 11.8. The molecule has 1 aliphatic heterocycles. The minimum Gasteiger partial charge on any atom is -0.507 e. The van der Waals surface area contributed by atoms with Gasteiger partial charge in [0, 0.05) is 20.8 Å². The van der Waals surface area contributed by atoms with Crippen LogP contribution in [0.15, 0.2) is 34.3 Å². The highest BCUT2D eigenvalue weighted by Gasteiger charge is 2.39. The quantitative estimate of drug-likeness (QED) is 0.456. The van der Waals surface area contributed by atoms with E-state index in [1.807, 2.05) is 11.8 Å². The Labute approximate surface area is 190 Å². The standard InChI is InChI=1S/C28H44OS/c1-19(2)13-11-14-20(3)15-12-16-28(10)18-21-23(30-28)17-22(26(4,5)6)25(29)24(21)27(7,8)9/h13,15,17,29H,11-12,14,16,18H2,1-10H3. The van der Waals surface area contributed by atoms with Gasteiger partial charge in [0.05, 0.1) is 0 Å². The number of rotatable bonds is 6. The highest BCUT2D eigenvalue weighted by molar-refractivity contribution is 8.01. The number of hydrogen-bond donors (Lipinski definition) is 1. The van der Waals surface area contributed by atoms with Crippen molar-refractivity contribution in [3.63, 3.8) is 0 Å². The zero-order valence-electron chi connectivity index (χ0n) is 21.1. The summed E-state index contributed by atoms with van der Waals surface area (Å²) in [6.45, 7) is 22.3. The Morgan fingerprint density at radius 3 is 2.20 bits per heavy atom. The van der Waals surface area contributed by atoms with Crippen LogP contribution in [0.4, 0.5) is 0 Å². The first-order chi connectivity index (χ1) is 13.6. The smallest absolute Gasteiger partial charge is 0.123 e. The minimum atomic E-state index is -0.0668. The first kappa shape index (κ1) is 25.1. The van der Waals surface area contributed by atoms with Gasteiger partial charge in [-0.1, -0.05) is 64.8 Å².